The Labute approximate surface area is 182 Å². The number of benzene rings is 2. The number of aromatic nitrogens is 3. The van der Waals surface area contributed by atoms with Gasteiger partial charge in [0.25, 0.3) is 5.91 Å². The first-order valence-corrected chi connectivity index (χ1v) is 10.7. The molecular formula is C24H27N5O2. The lowest BCUT2D eigenvalue weighted by molar-refractivity contribution is -0.134. The van der Waals surface area contributed by atoms with Crippen LogP contribution in [0.15, 0.2) is 60.9 Å². The monoisotopic (exact) mass is 417 g/mol. The molecular weight excluding hydrogens is 390 g/mol. The molecule has 31 heavy (non-hydrogen) atoms. The van der Waals surface area contributed by atoms with Crippen LogP contribution in [-0.2, 0) is 11.2 Å². The molecule has 7 heteroatoms. The third kappa shape index (κ3) is 4.82. The number of carbonyl (C=O) groups excluding carboxylic acids is 2. The normalized spacial score (nSPS) is 16.9. The number of nitrogens with zero attached hydrogens (tertiary/aromatic N) is 4. The molecule has 0 unspecified atom stereocenters. The summed E-state index contributed by atoms with van der Waals surface area (Å²) in [6.07, 6.45) is 2.80. The van der Waals surface area contributed by atoms with Crippen molar-refractivity contribution in [2.45, 2.75) is 19.8 Å². The van der Waals surface area contributed by atoms with Gasteiger partial charge in [-0.1, -0.05) is 61.5 Å². The largest absolute Gasteiger partial charge is 0.341 e. The third-order valence-corrected chi connectivity index (χ3v) is 5.66. The molecule has 1 aliphatic rings. The number of amides is 2. The van der Waals surface area contributed by atoms with Crippen LogP contribution in [0.5, 0.6) is 0 Å². The van der Waals surface area contributed by atoms with Gasteiger partial charge < -0.3 is 9.80 Å². The highest BCUT2D eigenvalue weighted by Gasteiger charge is 2.33. The second-order valence-corrected chi connectivity index (χ2v) is 7.88. The van der Waals surface area contributed by atoms with Gasteiger partial charge in [-0.3, -0.25) is 14.7 Å². The van der Waals surface area contributed by atoms with Gasteiger partial charge >= 0.3 is 0 Å². The molecule has 160 valence electrons. The topological polar surface area (TPSA) is 82.2 Å². The van der Waals surface area contributed by atoms with Crippen molar-refractivity contribution < 1.29 is 9.59 Å². The van der Waals surface area contributed by atoms with E-state index in [4.69, 9.17) is 0 Å². The van der Waals surface area contributed by atoms with Crippen molar-refractivity contribution in [2.24, 2.45) is 5.92 Å². The zero-order valence-electron chi connectivity index (χ0n) is 17.7. The van der Waals surface area contributed by atoms with Crippen molar-refractivity contribution in [3.63, 3.8) is 0 Å². The smallest absolute Gasteiger partial charge is 0.291 e. The summed E-state index contributed by atoms with van der Waals surface area (Å²) in [5.41, 5.74) is 3.36. The van der Waals surface area contributed by atoms with E-state index in [1.807, 2.05) is 29.2 Å². The molecule has 0 spiro atoms. The van der Waals surface area contributed by atoms with E-state index in [1.54, 1.807) is 4.90 Å². The predicted molar refractivity (Wildman–Crippen MR) is 118 cm³/mol. The molecule has 0 radical (unpaired) electrons. The van der Waals surface area contributed by atoms with Gasteiger partial charge in [0.05, 0.1) is 5.92 Å². The molecule has 0 bridgehead atoms. The van der Waals surface area contributed by atoms with Crippen molar-refractivity contribution >= 4 is 11.8 Å². The molecule has 1 fully saturated rings. The van der Waals surface area contributed by atoms with Gasteiger partial charge in [0, 0.05) is 26.2 Å². The maximum atomic E-state index is 13.3. The van der Waals surface area contributed by atoms with Gasteiger partial charge in [-0.25, -0.2) is 4.98 Å². The van der Waals surface area contributed by atoms with E-state index in [0.29, 0.717) is 32.6 Å². The van der Waals surface area contributed by atoms with Crippen LogP contribution in [-0.4, -0.2) is 63.0 Å². The maximum Gasteiger partial charge on any atom is 0.291 e. The first-order valence-electron chi connectivity index (χ1n) is 10.7. The van der Waals surface area contributed by atoms with Crippen LogP contribution in [0.25, 0.3) is 11.1 Å². The molecule has 2 aromatic carbocycles. The summed E-state index contributed by atoms with van der Waals surface area (Å²) in [5.74, 6) is -0.195. The molecule has 4 rings (SSSR count). The van der Waals surface area contributed by atoms with Crippen molar-refractivity contribution in [1.29, 1.82) is 0 Å². The summed E-state index contributed by atoms with van der Waals surface area (Å²) in [7, 11) is 0. The van der Waals surface area contributed by atoms with Crippen molar-refractivity contribution in [1.82, 2.24) is 25.0 Å². The Morgan fingerprint density at radius 3 is 2.65 bits per heavy atom. The van der Waals surface area contributed by atoms with Crippen molar-refractivity contribution in [3.05, 3.63) is 72.3 Å². The molecule has 0 aliphatic carbocycles. The van der Waals surface area contributed by atoms with E-state index in [-0.39, 0.29) is 23.6 Å². The van der Waals surface area contributed by atoms with E-state index >= 15 is 0 Å². The third-order valence-electron chi connectivity index (χ3n) is 5.66. The fourth-order valence-electron chi connectivity index (χ4n) is 4.12. The highest BCUT2D eigenvalue weighted by molar-refractivity contribution is 5.91. The number of hydrogen-bond donors (Lipinski definition) is 1. The summed E-state index contributed by atoms with van der Waals surface area (Å²) in [5, 5.41) is 6.43. The summed E-state index contributed by atoms with van der Waals surface area (Å²) >= 11 is 0. The van der Waals surface area contributed by atoms with Gasteiger partial charge in [-0.15, -0.1) is 0 Å². The first kappa shape index (κ1) is 20.8. The molecule has 3 aromatic rings. The number of hydrogen-bond acceptors (Lipinski definition) is 4. The van der Waals surface area contributed by atoms with Crippen LogP contribution in [0.3, 0.4) is 0 Å². The van der Waals surface area contributed by atoms with Crippen LogP contribution in [0, 0.1) is 5.92 Å². The Morgan fingerprint density at radius 1 is 1.10 bits per heavy atom. The molecule has 1 atom stereocenters. The number of rotatable bonds is 6. The van der Waals surface area contributed by atoms with Gasteiger partial charge in [0.15, 0.2) is 0 Å². The number of nitrogens with one attached hydrogen (secondary N) is 1. The Kier molecular flexibility index (Phi) is 6.40. The number of aromatic amines is 1. The van der Waals surface area contributed by atoms with Gasteiger partial charge in [0.1, 0.15) is 6.33 Å². The fraction of sp³-hybridized carbons (Fsp3) is 0.333. The molecule has 7 nitrogen and oxygen atoms in total. The standard InChI is InChI=1S/C24H27N5O2/c1-2-11-28-12-13-29(24(31)22-25-17-26-27-22)16-21(23(28)30)15-18-7-6-10-20(14-18)19-8-4-3-5-9-19/h3-10,14,17,21H,2,11-13,15-16H2,1H3,(H,25,26,27)/t21-/m0/s1. The zero-order chi connectivity index (χ0) is 21.6. The van der Waals surface area contributed by atoms with Crippen LogP contribution in [0.4, 0.5) is 0 Å². The summed E-state index contributed by atoms with van der Waals surface area (Å²) in [6, 6.07) is 18.5. The number of carbonyl (C=O) groups is 2. The average molecular weight is 418 g/mol. The lowest BCUT2D eigenvalue weighted by Gasteiger charge is -2.23. The minimum atomic E-state index is -0.299. The Balaban J connectivity index is 1.58. The summed E-state index contributed by atoms with van der Waals surface area (Å²) in [4.78, 5) is 33.8. The van der Waals surface area contributed by atoms with Gasteiger partial charge in [-0.2, -0.15) is 5.10 Å². The second-order valence-electron chi connectivity index (χ2n) is 7.88. The van der Waals surface area contributed by atoms with E-state index < -0.39 is 0 Å². The van der Waals surface area contributed by atoms with E-state index in [9.17, 15) is 9.59 Å². The molecule has 1 N–H and O–H groups in total. The van der Waals surface area contributed by atoms with Crippen LogP contribution >= 0.6 is 0 Å². The molecule has 0 saturated carbocycles. The van der Waals surface area contributed by atoms with Crippen LogP contribution < -0.4 is 0 Å². The average Bonchev–Trinajstić information content (AvgIpc) is 3.30. The lowest BCUT2D eigenvalue weighted by Crippen LogP contribution is -2.38. The Hall–Kier alpha value is -3.48. The van der Waals surface area contributed by atoms with E-state index in [1.165, 1.54) is 6.33 Å². The summed E-state index contributed by atoms with van der Waals surface area (Å²) in [6.45, 7) is 4.16. The second kappa shape index (κ2) is 9.55. The minimum absolute atomic E-state index is 0.111. The minimum Gasteiger partial charge on any atom is -0.341 e. The van der Waals surface area contributed by atoms with E-state index in [2.05, 4.69) is 52.4 Å². The summed E-state index contributed by atoms with van der Waals surface area (Å²) < 4.78 is 0. The zero-order valence-corrected chi connectivity index (χ0v) is 17.7. The fourth-order valence-corrected chi connectivity index (χ4v) is 4.12. The molecule has 2 amide bonds. The molecule has 1 saturated heterocycles. The predicted octanol–water partition coefficient (Wildman–Crippen LogP) is 3.03. The Bertz CT molecular complexity index is 1020. The number of H-pyrrole nitrogens is 1. The SMILES string of the molecule is CCCN1CCN(C(=O)c2ncn[nH]2)C[C@H](Cc2cccc(-c3ccccc3)c2)C1=O. The molecule has 2 heterocycles. The van der Waals surface area contributed by atoms with Crippen molar-refractivity contribution in [2.75, 3.05) is 26.2 Å². The van der Waals surface area contributed by atoms with Gasteiger partial charge in [-0.05, 0) is 29.5 Å². The van der Waals surface area contributed by atoms with Gasteiger partial charge in [0.2, 0.25) is 11.7 Å². The quantitative estimate of drug-likeness (QED) is 0.668. The molecule has 1 aromatic heterocycles. The first-order chi connectivity index (χ1) is 15.2. The Morgan fingerprint density at radius 2 is 1.90 bits per heavy atom. The highest BCUT2D eigenvalue weighted by Crippen LogP contribution is 2.23. The van der Waals surface area contributed by atoms with Crippen LogP contribution in [0.1, 0.15) is 29.5 Å². The van der Waals surface area contributed by atoms with E-state index in [0.717, 1.165) is 23.1 Å². The van der Waals surface area contributed by atoms with Crippen LogP contribution in [0.2, 0.25) is 0 Å². The highest BCUT2D eigenvalue weighted by atomic mass is 16.2. The van der Waals surface area contributed by atoms with Crippen molar-refractivity contribution in [3.8, 4) is 11.1 Å². The lowest BCUT2D eigenvalue weighted by atomic mass is 9.94. The molecule has 1 aliphatic heterocycles. The maximum absolute atomic E-state index is 13.3.